The third-order valence-electron chi connectivity index (χ3n) is 4.55. The fraction of sp³-hybridized carbons (Fsp3) is 0.350. The predicted molar refractivity (Wildman–Crippen MR) is 116 cm³/mol. The minimum absolute atomic E-state index is 0.0302. The SMILES string of the molecule is C[C@@H](NC(=O)[C@@H](C)NC(=O)CNS(=O)(=O)c1cccc2c(N(C)C)cccc12)C(=O)O. The molecule has 0 unspecified atom stereocenters. The van der Waals surface area contributed by atoms with Crippen LogP contribution in [0.3, 0.4) is 0 Å². The number of carboxylic acid groups (broad SMARTS) is 1. The number of sulfonamides is 1. The quantitative estimate of drug-likeness (QED) is 0.429. The number of anilines is 1. The van der Waals surface area contributed by atoms with Crippen LogP contribution < -0.4 is 20.3 Å². The predicted octanol–water partition coefficient (Wildman–Crippen LogP) is 0.278. The van der Waals surface area contributed by atoms with Crippen molar-refractivity contribution in [3.05, 3.63) is 36.4 Å². The smallest absolute Gasteiger partial charge is 0.325 e. The number of carboxylic acids is 1. The highest BCUT2D eigenvalue weighted by atomic mass is 32.2. The van der Waals surface area contributed by atoms with Crippen molar-refractivity contribution in [1.29, 1.82) is 0 Å². The maximum Gasteiger partial charge on any atom is 0.325 e. The third kappa shape index (κ3) is 5.92. The molecule has 0 radical (unpaired) electrons. The van der Waals surface area contributed by atoms with E-state index >= 15 is 0 Å². The molecule has 0 heterocycles. The molecule has 2 aromatic carbocycles. The summed E-state index contributed by atoms with van der Waals surface area (Å²) < 4.78 is 27.9. The molecule has 4 N–H and O–H groups in total. The Morgan fingerprint density at radius 3 is 2.19 bits per heavy atom. The Labute approximate surface area is 180 Å². The second-order valence-corrected chi connectivity index (χ2v) is 8.94. The lowest BCUT2D eigenvalue weighted by Crippen LogP contribution is -2.51. The Morgan fingerprint density at radius 1 is 0.968 bits per heavy atom. The molecule has 0 aliphatic carbocycles. The fourth-order valence-electron chi connectivity index (χ4n) is 2.89. The van der Waals surface area contributed by atoms with Gasteiger partial charge in [0, 0.05) is 30.6 Å². The molecule has 0 spiro atoms. The molecular formula is C20H26N4O6S. The zero-order valence-electron chi connectivity index (χ0n) is 17.7. The Hall–Kier alpha value is -3.18. The zero-order chi connectivity index (χ0) is 23.3. The largest absolute Gasteiger partial charge is 0.480 e. The lowest BCUT2D eigenvalue weighted by atomic mass is 10.1. The van der Waals surface area contributed by atoms with Gasteiger partial charge in [-0.15, -0.1) is 0 Å². The summed E-state index contributed by atoms with van der Waals surface area (Å²) in [7, 11) is -0.310. The Kier molecular flexibility index (Phi) is 7.58. The van der Waals surface area contributed by atoms with Gasteiger partial charge in [0.25, 0.3) is 0 Å². The van der Waals surface area contributed by atoms with E-state index in [-0.39, 0.29) is 4.90 Å². The first-order valence-corrected chi connectivity index (χ1v) is 10.9. The molecule has 0 fully saturated rings. The van der Waals surface area contributed by atoms with Gasteiger partial charge in [-0.25, -0.2) is 13.1 Å². The van der Waals surface area contributed by atoms with Crippen LogP contribution in [0.5, 0.6) is 0 Å². The number of carbonyl (C=O) groups is 3. The number of aliphatic carboxylic acids is 1. The fourth-order valence-corrected chi connectivity index (χ4v) is 4.09. The van der Waals surface area contributed by atoms with E-state index < -0.39 is 46.4 Å². The maximum absolute atomic E-state index is 12.8. The first-order valence-electron chi connectivity index (χ1n) is 9.45. The summed E-state index contributed by atoms with van der Waals surface area (Å²) in [5.74, 6) is -2.65. The van der Waals surface area contributed by atoms with Crippen molar-refractivity contribution in [1.82, 2.24) is 15.4 Å². The molecule has 2 atom stereocenters. The number of nitrogens with one attached hydrogen (secondary N) is 3. The summed E-state index contributed by atoms with van der Waals surface area (Å²) in [6.45, 7) is 2.07. The molecule has 0 saturated heterocycles. The van der Waals surface area contributed by atoms with Gasteiger partial charge in [0.2, 0.25) is 21.8 Å². The maximum atomic E-state index is 12.8. The molecule has 11 heteroatoms. The summed E-state index contributed by atoms with van der Waals surface area (Å²) >= 11 is 0. The molecule has 2 rings (SSSR count). The first-order chi connectivity index (χ1) is 14.4. The van der Waals surface area contributed by atoms with E-state index in [1.807, 2.05) is 31.1 Å². The van der Waals surface area contributed by atoms with Crippen molar-refractivity contribution >= 4 is 44.3 Å². The van der Waals surface area contributed by atoms with E-state index in [9.17, 15) is 22.8 Å². The monoisotopic (exact) mass is 450 g/mol. The van der Waals surface area contributed by atoms with Crippen LogP contribution in [-0.2, 0) is 24.4 Å². The normalized spacial score (nSPS) is 13.3. The van der Waals surface area contributed by atoms with E-state index in [4.69, 9.17) is 5.11 Å². The average Bonchev–Trinajstić information content (AvgIpc) is 2.71. The summed E-state index contributed by atoms with van der Waals surface area (Å²) in [5.41, 5.74) is 0.850. The number of amides is 2. The van der Waals surface area contributed by atoms with Crippen molar-refractivity contribution in [3.63, 3.8) is 0 Å². The van der Waals surface area contributed by atoms with Crippen molar-refractivity contribution in [2.45, 2.75) is 30.8 Å². The molecule has 0 saturated carbocycles. The minimum atomic E-state index is -4.02. The average molecular weight is 451 g/mol. The van der Waals surface area contributed by atoms with E-state index in [1.165, 1.54) is 19.9 Å². The van der Waals surface area contributed by atoms with Crippen molar-refractivity contribution < 1.29 is 27.9 Å². The van der Waals surface area contributed by atoms with Crippen LogP contribution in [0.15, 0.2) is 41.3 Å². The van der Waals surface area contributed by atoms with Gasteiger partial charge in [-0.05, 0) is 26.0 Å². The van der Waals surface area contributed by atoms with E-state index in [2.05, 4.69) is 15.4 Å². The van der Waals surface area contributed by atoms with Crippen LogP contribution in [-0.4, -0.2) is 64.0 Å². The second kappa shape index (κ2) is 9.75. The highest BCUT2D eigenvalue weighted by molar-refractivity contribution is 7.89. The number of carbonyl (C=O) groups excluding carboxylic acids is 2. The molecule has 0 aromatic heterocycles. The molecule has 31 heavy (non-hydrogen) atoms. The molecule has 2 amide bonds. The Morgan fingerprint density at radius 2 is 1.58 bits per heavy atom. The molecule has 0 aliphatic heterocycles. The van der Waals surface area contributed by atoms with E-state index in [1.54, 1.807) is 18.2 Å². The van der Waals surface area contributed by atoms with Crippen LogP contribution in [0.2, 0.25) is 0 Å². The van der Waals surface area contributed by atoms with Crippen LogP contribution in [0.25, 0.3) is 10.8 Å². The number of hydrogen-bond acceptors (Lipinski definition) is 6. The van der Waals surface area contributed by atoms with Crippen molar-refractivity contribution in [3.8, 4) is 0 Å². The second-order valence-electron chi connectivity index (χ2n) is 7.21. The summed E-state index contributed by atoms with van der Waals surface area (Å²) in [6, 6.07) is 8.04. The van der Waals surface area contributed by atoms with Gasteiger partial charge in [0.1, 0.15) is 12.1 Å². The standard InChI is InChI=1S/C20H26N4O6S/c1-12(19(26)23-13(2)20(27)28)22-18(25)11-21-31(29,30)17-10-6-7-14-15(17)8-5-9-16(14)24(3)4/h5-10,12-13,21H,11H2,1-4H3,(H,22,25)(H,23,26)(H,27,28)/t12-,13-/m1/s1. The number of nitrogens with zero attached hydrogens (tertiary/aromatic N) is 1. The molecule has 2 aromatic rings. The topological polar surface area (TPSA) is 145 Å². The van der Waals surface area contributed by atoms with Crippen LogP contribution >= 0.6 is 0 Å². The van der Waals surface area contributed by atoms with Crippen molar-refractivity contribution in [2.75, 3.05) is 25.5 Å². The van der Waals surface area contributed by atoms with Gasteiger partial charge in [-0.1, -0.05) is 24.3 Å². The zero-order valence-corrected chi connectivity index (χ0v) is 18.5. The highest BCUT2D eigenvalue weighted by Gasteiger charge is 2.23. The number of hydrogen-bond donors (Lipinski definition) is 4. The van der Waals surface area contributed by atoms with Crippen molar-refractivity contribution in [2.24, 2.45) is 0 Å². The number of fused-ring (bicyclic) bond motifs is 1. The summed E-state index contributed by atoms with van der Waals surface area (Å²) in [6.07, 6.45) is 0. The van der Waals surface area contributed by atoms with Gasteiger partial charge in [-0.3, -0.25) is 14.4 Å². The molecule has 168 valence electrons. The molecule has 0 bridgehead atoms. The molecule has 10 nitrogen and oxygen atoms in total. The van der Waals surface area contributed by atoms with Crippen LogP contribution in [0, 0.1) is 0 Å². The molecular weight excluding hydrogens is 424 g/mol. The van der Waals surface area contributed by atoms with Gasteiger partial charge in [-0.2, -0.15) is 0 Å². The lowest BCUT2D eigenvalue weighted by Gasteiger charge is -2.18. The van der Waals surface area contributed by atoms with Gasteiger partial charge < -0.3 is 20.6 Å². The van der Waals surface area contributed by atoms with Gasteiger partial charge in [0.15, 0.2) is 0 Å². The van der Waals surface area contributed by atoms with Gasteiger partial charge in [0.05, 0.1) is 11.4 Å². The third-order valence-corrected chi connectivity index (χ3v) is 6.01. The molecule has 0 aliphatic rings. The number of benzene rings is 2. The summed E-state index contributed by atoms with van der Waals surface area (Å²) in [4.78, 5) is 36.7. The minimum Gasteiger partial charge on any atom is -0.480 e. The summed E-state index contributed by atoms with van der Waals surface area (Å²) in [5, 5.41) is 14.6. The Bertz CT molecular complexity index is 1100. The van der Waals surface area contributed by atoms with Crippen LogP contribution in [0.4, 0.5) is 5.69 Å². The Balaban J connectivity index is 2.10. The van der Waals surface area contributed by atoms with Gasteiger partial charge >= 0.3 is 5.97 Å². The van der Waals surface area contributed by atoms with E-state index in [0.29, 0.717) is 5.39 Å². The van der Waals surface area contributed by atoms with E-state index in [0.717, 1.165) is 11.1 Å². The lowest BCUT2D eigenvalue weighted by molar-refractivity contribution is -0.141. The first kappa shape index (κ1) is 24.1. The van der Waals surface area contributed by atoms with Crippen LogP contribution in [0.1, 0.15) is 13.8 Å². The number of rotatable bonds is 9. The highest BCUT2D eigenvalue weighted by Crippen LogP contribution is 2.29.